The summed E-state index contributed by atoms with van der Waals surface area (Å²) >= 11 is 22.2. The fourth-order valence-corrected chi connectivity index (χ4v) is 4.03. The molecule has 0 fully saturated rings. The lowest BCUT2D eigenvalue weighted by molar-refractivity contribution is 0.282. The predicted octanol–water partition coefficient (Wildman–Crippen LogP) is 7.92. The first kappa shape index (κ1) is 22.1. The molecule has 0 saturated carbocycles. The molecule has 3 aromatic rings. The number of aryl methyl sites for hydroxylation is 1. The molecule has 1 N–H and O–H groups in total. The maximum atomic E-state index is 6.23. The molecule has 152 valence electrons. The van der Waals surface area contributed by atoms with Gasteiger partial charge in [-0.05, 0) is 70.4 Å². The molecule has 0 amide bonds. The summed E-state index contributed by atoms with van der Waals surface area (Å²) in [5.74, 6) is 1.20. The Bertz CT molecular complexity index is 1010. The molecule has 0 radical (unpaired) electrons. The number of rotatable bonds is 7. The van der Waals surface area contributed by atoms with Gasteiger partial charge in [0.25, 0.3) is 0 Å². The van der Waals surface area contributed by atoms with E-state index in [1.807, 2.05) is 37.3 Å². The van der Waals surface area contributed by atoms with E-state index in [4.69, 9.17) is 44.3 Å². The molecular weight excluding hydrogens is 497 g/mol. The van der Waals surface area contributed by atoms with Crippen molar-refractivity contribution in [1.82, 2.24) is 0 Å². The van der Waals surface area contributed by atoms with Crippen molar-refractivity contribution in [3.63, 3.8) is 0 Å². The number of nitrogens with one attached hydrogen (secondary N) is 1. The van der Waals surface area contributed by atoms with Gasteiger partial charge in [0, 0.05) is 32.9 Å². The zero-order chi connectivity index (χ0) is 21.0. The first-order chi connectivity index (χ1) is 13.9. The molecule has 0 bridgehead atoms. The fraction of sp³-hybridized carbons (Fsp3) is 0.182. The van der Waals surface area contributed by atoms with E-state index >= 15 is 0 Å². The highest BCUT2D eigenvalue weighted by atomic mass is 79.9. The quantitative estimate of drug-likeness (QED) is 0.347. The number of benzene rings is 3. The van der Waals surface area contributed by atoms with Crippen LogP contribution in [0.25, 0.3) is 0 Å². The number of halogens is 4. The maximum absolute atomic E-state index is 6.23. The Morgan fingerprint density at radius 2 is 1.69 bits per heavy atom. The average Bonchev–Trinajstić information content (AvgIpc) is 2.69. The van der Waals surface area contributed by atoms with Crippen LogP contribution in [0.1, 0.15) is 16.7 Å². The van der Waals surface area contributed by atoms with Crippen LogP contribution in [-0.2, 0) is 13.2 Å². The van der Waals surface area contributed by atoms with Crippen LogP contribution in [0.5, 0.6) is 11.5 Å². The van der Waals surface area contributed by atoms with Gasteiger partial charge >= 0.3 is 0 Å². The molecule has 0 heterocycles. The van der Waals surface area contributed by atoms with E-state index in [1.165, 1.54) is 0 Å². The van der Waals surface area contributed by atoms with E-state index < -0.39 is 0 Å². The summed E-state index contributed by atoms with van der Waals surface area (Å²) in [7, 11) is 1.61. The molecule has 7 heteroatoms. The number of anilines is 1. The molecule has 3 nitrogen and oxygen atoms in total. The molecule has 0 saturated heterocycles. The number of ether oxygens (including phenoxy) is 2. The Labute approximate surface area is 194 Å². The molecule has 0 spiro atoms. The molecular formula is C22H19BrCl3NO2. The van der Waals surface area contributed by atoms with Crippen molar-refractivity contribution >= 4 is 56.4 Å². The Kier molecular flexibility index (Phi) is 7.58. The minimum atomic E-state index is 0.229. The number of hydrogen-bond acceptors (Lipinski definition) is 3. The van der Waals surface area contributed by atoms with Crippen molar-refractivity contribution in [2.24, 2.45) is 0 Å². The van der Waals surface area contributed by atoms with E-state index in [-0.39, 0.29) is 6.61 Å². The molecule has 0 aliphatic carbocycles. The third kappa shape index (κ3) is 5.52. The van der Waals surface area contributed by atoms with Gasteiger partial charge in [0.15, 0.2) is 11.5 Å². The topological polar surface area (TPSA) is 30.5 Å². The van der Waals surface area contributed by atoms with Gasteiger partial charge in [0.2, 0.25) is 0 Å². The van der Waals surface area contributed by atoms with Gasteiger partial charge in [-0.2, -0.15) is 0 Å². The molecule has 0 aliphatic heterocycles. The lowest BCUT2D eigenvalue weighted by Crippen LogP contribution is -2.03. The number of hydrogen-bond donors (Lipinski definition) is 1. The summed E-state index contributed by atoms with van der Waals surface area (Å²) in [5.41, 5.74) is 3.74. The van der Waals surface area contributed by atoms with Crippen molar-refractivity contribution in [3.8, 4) is 11.5 Å². The van der Waals surface area contributed by atoms with Gasteiger partial charge in [0.05, 0.1) is 11.6 Å². The zero-order valence-corrected chi connectivity index (χ0v) is 19.7. The Balaban J connectivity index is 1.75. The summed E-state index contributed by atoms with van der Waals surface area (Å²) < 4.78 is 12.3. The van der Waals surface area contributed by atoms with Gasteiger partial charge < -0.3 is 14.8 Å². The van der Waals surface area contributed by atoms with Crippen LogP contribution in [0.2, 0.25) is 15.1 Å². The molecule has 0 aromatic heterocycles. The smallest absolute Gasteiger partial charge is 0.175 e. The minimum absolute atomic E-state index is 0.229. The molecule has 0 atom stereocenters. The first-order valence-corrected chi connectivity index (χ1v) is 10.7. The van der Waals surface area contributed by atoms with Crippen molar-refractivity contribution in [1.29, 1.82) is 0 Å². The van der Waals surface area contributed by atoms with Gasteiger partial charge in [-0.25, -0.2) is 0 Å². The van der Waals surface area contributed by atoms with E-state index in [0.29, 0.717) is 28.1 Å². The second kappa shape index (κ2) is 9.94. The Morgan fingerprint density at radius 3 is 2.34 bits per heavy atom. The summed E-state index contributed by atoms with van der Waals surface area (Å²) in [6, 6.07) is 15.2. The second-order valence-electron chi connectivity index (χ2n) is 6.42. The molecule has 0 unspecified atom stereocenters. The van der Waals surface area contributed by atoms with Gasteiger partial charge in [-0.15, -0.1) is 0 Å². The van der Waals surface area contributed by atoms with E-state index in [2.05, 4.69) is 21.2 Å². The average molecular weight is 516 g/mol. The third-order valence-electron chi connectivity index (χ3n) is 4.38. The highest BCUT2D eigenvalue weighted by Gasteiger charge is 2.14. The predicted molar refractivity (Wildman–Crippen MR) is 125 cm³/mol. The third-order valence-corrected chi connectivity index (χ3v) is 6.08. The normalized spacial score (nSPS) is 10.7. The lowest BCUT2D eigenvalue weighted by atomic mass is 10.1. The lowest BCUT2D eigenvalue weighted by Gasteiger charge is -2.16. The van der Waals surface area contributed by atoms with Crippen molar-refractivity contribution in [2.45, 2.75) is 20.1 Å². The largest absolute Gasteiger partial charge is 0.493 e. The molecule has 29 heavy (non-hydrogen) atoms. The summed E-state index contributed by atoms with van der Waals surface area (Å²) in [4.78, 5) is 0. The van der Waals surface area contributed by atoms with Crippen LogP contribution < -0.4 is 14.8 Å². The molecule has 3 rings (SSSR count). The van der Waals surface area contributed by atoms with Crippen molar-refractivity contribution < 1.29 is 9.47 Å². The summed E-state index contributed by atoms with van der Waals surface area (Å²) in [6.07, 6.45) is 0. The van der Waals surface area contributed by atoms with Crippen LogP contribution >= 0.6 is 50.7 Å². The zero-order valence-electron chi connectivity index (χ0n) is 15.9. The monoisotopic (exact) mass is 513 g/mol. The first-order valence-electron chi connectivity index (χ1n) is 8.81. The summed E-state index contributed by atoms with van der Waals surface area (Å²) in [6.45, 7) is 2.81. The fourth-order valence-electron chi connectivity index (χ4n) is 2.74. The van der Waals surface area contributed by atoms with E-state index in [1.54, 1.807) is 25.3 Å². The highest BCUT2D eigenvalue weighted by molar-refractivity contribution is 9.10. The van der Waals surface area contributed by atoms with Gasteiger partial charge in [-0.1, -0.05) is 46.9 Å². The van der Waals surface area contributed by atoms with Crippen LogP contribution in [0, 0.1) is 6.92 Å². The minimum Gasteiger partial charge on any atom is -0.493 e. The van der Waals surface area contributed by atoms with Crippen LogP contribution in [0.15, 0.2) is 53.0 Å². The highest BCUT2D eigenvalue weighted by Crippen LogP contribution is 2.38. The standard InChI is InChI=1S/C22H19BrCl3NO2/c1-13-6-7-15(10-20(13)26)27-11-14-8-17(23)22(21(9-14)28-2)29-12-16-18(24)4-3-5-19(16)25/h3-10,27H,11-12H2,1-2H3. The van der Waals surface area contributed by atoms with Crippen LogP contribution in [0.3, 0.4) is 0 Å². The van der Waals surface area contributed by atoms with Gasteiger partial charge in [0.1, 0.15) is 6.61 Å². The van der Waals surface area contributed by atoms with Crippen molar-refractivity contribution in [2.75, 3.05) is 12.4 Å². The van der Waals surface area contributed by atoms with E-state index in [0.717, 1.165) is 31.9 Å². The van der Waals surface area contributed by atoms with Gasteiger partial charge in [-0.3, -0.25) is 0 Å². The van der Waals surface area contributed by atoms with E-state index in [9.17, 15) is 0 Å². The second-order valence-corrected chi connectivity index (χ2v) is 8.49. The molecule has 0 aliphatic rings. The summed E-state index contributed by atoms with van der Waals surface area (Å²) in [5, 5.41) is 5.22. The maximum Gasteiger partial charge on any atom is 0.175 e. The Hall–Kier alpha value is -1.59. The van der Waals surface area contributed by atoms with Crippen molar-refractivity contribution in [3.05, 3.63) is 84.8 Å². The van der Waals surface area contributed by atoms with Crippen LogP contribution in [0.4, 0.5) is 5.69 Å². The Morgan fingerprint density at radius 1 is 0.966 bits per heavy atom. The van der Waals surface area contributed by atoms with Crippen LogP contribution in [-0.4, -0.2) is 7.11 Å². The number of methoxy groups -OCH3 is 1. The SMILES string of the molecule is COc1cc(CNc2ccc(C)c(Cl)c2)cc(Br)c1OCc1c(Cl)cccc1Cl. The molecule has 3 aromatic carbocycles.